The Morgan fingerprint density at radius 1 is 1.43 bits per heavy atom. The molecule has 4 heteroatoms. The fraction of sp³-hybridized carbons (Fsp3) is 0.824. The number of hydrogen-bond donors (Lipinski definition) is 1. The number of nitrogens with one attached hydrogen (secondary N) is 1. The molecule has 2 heterocycles. The molecule has 0 spiro atoms. The summed E-state index contributed by atoms with van der Waals surface area (Å²) in [6, 6.07) is 3.51. The van der Waals surface area contributed by atoms with E-state index in [0.29, 0.717) is 12.1 Å². The Kier molecular flexibility index (Phi) is 5.82. The monoisotopic (exact) mass is 292 g/mol. The van der Waals surface area contributed by atoms with Crippen LogP contribution < -0.4 is 5.32 Å². The van der Waals surface area contributed by atoms with Crippen LogP contribution in [0.15, 0.2) is 6.07 Å². The fourth-order valence-corrected chi connectivity index (χ4v) is 3.48. The number of aromatic nitrogens is 2. The standard InChI is InChI=1S/C17H32N4/c1-6-8-15-11-21(17(10-18-15)13(3)7-2)12-16-9-14(4)19-20(16)5/h9,13,15,17-18H,6-8,10-12H2,1-5H3. The van der Waals surface area contributed by atoms with Crippen LogP contribution in [0.2, 0.25) is 0 Å². The van der Waals surface area contributed by atoms with Gasteiger partial charge in [-0.1, -0.05) is 33.6 Å². The zero-order chi connectivity index (χ0) is 15.4. The van der Waals surface area contributed by atoms with E-state index >= 15 is 0 Å². The van der Waals surface area contributed by atoms with Crippen LogP contribution in [0.4, 0.5) is 0 Å². The highest BCUT2D eigenvalue weighted by Gasteiger charge is 2.30. The average molecular weight is 292 g/mol. The lowest BCUT2D eigenvalue weighted by Gasteiger charge is -2.43. The second-order valence-corrected chi connectivity index (χ2v) is 6.68. The highest BCUT2D eigenvalue weighted by Crippen LogP contribution is 2.22. The molecule has 120 valence electrons. The van der Waals surface area contributed by atoms with Crippen molar-refractivity contribution >= 4 is 0 Å². The van der Waals surface area contributed by atoms with Crippen molar-refractivity contribution in [2.45, 2.75) is 65.6 Å². The molecule has 21 heavy (non-hydrogen) atoms. The first-order chi connectivity index (χ1) is 10.0. The van der Waals surface area contributed by atoms with E-state index < -0.39 is 0 Å². The van der Waals surface area contributed by atoms with Crippen LogP contribution in [0.1, 0.15) is 51.4 Å². The van der Waals surface area contributed by atoms with Crippen molar-refractivity contribution in [1.82, 2.24) is 20.0 Å². The molecule has 0 saturated carbocycles. The first kappa shape index (κ1) is 16.5. The Morgan fingerprint density at radius 3 is 2.76 bits per heavy atom. The summed E-state index contributed by atoms with van der Waals surface area (Å²) in [5.41, 5.74) is 2.45. The van der Waals surface area contributed by atoms with Gasteiger partial charge in [0, 0.05) is 38.8 Å². The Morgan fingerprint density at radius 2 is 2.19 bits per heavy atom. The minimum atomic E-state index is 0.637. The maximum Gasteiger partial charge on any atom is 0.0597 e. The molecule has 0 aromatic carbocycles. The summed E-state index contributed by atoms with van der Waals surface area (Å²) in [7, 11) is 2.06. The molecule has 1 aliphatic heterocycles. The summed E-state index contributed by atoms with van der Waals surface area (Å²) in [6.07, 6.45) is 3.77. The van der Waals surface area contributed by atoms with Crippen LogP contribution in [-0.4, -0.2) is 39.9 Å². The van der Waals surface area contributed by atoms with Crippen LogP contribution in [0.5, 0.6) is 0 Å². The lowest BCUT2D eigenvalue weighted by Crippen LogP contribution is -2.58. The van der Waals surface area contributed by atoms with Crippen molar-refractivity contribution in [1.29, 1.82) is 0 Å². The van der Waals surface area contributed by atoms with E-state index in [9.17, 15) is 0 Å². The third-order valence-electron chi connectivity index (χ3n) is 4.94. The van der Waals surface area contributed by atoms with Crippen molar-refractivity contribution in [3.63, 3.8) is 0 Å². The van der Waals surface area contributed by atoms with E-state index in [-0.39, 0.29) is 0 Å². The first-order valence-electron chi connectivity index (χ1n) is 8.52. The first-order valence-corrected chi connectivity index (χ1v) is 8.52. The molecule has 3 unspecified atom stereocenters. The number of aryl methyl sites for hydroxylation is 2. The summed E-state index contributed by atoms with van der Waals surface area (Å²) < 4.78 is 2.04. The van der Waals surface area contributed by atoms with E-state index in [1.807, 2.05) is 4.68 Å². The van der Waals surface area contributed by atoms with Gasteiger partial charge in [0.2, 0.25) is 0 Å². The summed E-state index contributed by atoms with van der Waals surface area (Å²) >= 11 is 0. The van der Waals surface area contributed by atoms with Crippen molar-refractivity contribution in [3.8, 4) is 0 Å². The Labute approximate surface area is 129 Å². The van der Waals surface area contributed by atoms with Gasteiger partial charge in [0.05, 0.1) is 11.4 Å². The number of hydrogen-bond acceptors (Lipinski definition) is 3. The molecular weight excluding hydrogens is 260 g/mol. The van der Waals surface area contributed by atoms with Gasteiger partial charge in [-0.3, -0.25) is 9.58 Å². The molecule has 1 aromatic rings. The minimum absolute atomic E-state index is 0.637. The molecule has 0 radical (unpaired) electrons. The third kappa shape index (κ3) is 4.07. The lowest BCUT2D eigenvalue weighted by molar-refractivity contribution is 0.0795. The largest absolute Gasteiger partial charge is 0.311 e. The van der Waals surface area contributed by atoms with Gasteiger partial charge in [0.15, 0.2) is 0 Å². The Balaban J connectivity index is 2.10. The van der Waals surface area contributed by atoms with Crippen LogP contribution in [0.25, 0.3) is 0 Å². The van der Waals surface area contributed by atoms with E-state index in [1.54, 1.807) is 0 Å². The minimum Gasteiger partial charge on any atom is -0.311 e. The molecule has 1 saturated heterocycles. The van der Waals surface area contributed by atoms with Crippen molar-refractivity contribution < 1.29 is 0 Å². The van der Waals surface area contributed by atoms with Crippen LogP contribution in [-0.2, 0) is 13.6 Å². The van der Waals surface area contributed by atoms with Gasteiger partial charge in [-0.15, -0.1) is 0 Å². The van der Waals surface area contributed by atoms with E-state index in [2.05, 4.69) is 56.1 Å². The summed E-state index contributed by atoms with van der Waals surface area (Å²) in [5.74, 6) is 0.731. The van der Waals surface area contributed by atoms with E-state index in [1.165, 1.54) is 25.0 Å². The third-order valence-corrected chi connectivity index (χ3v) is 4.94. The maximum absolute atomic E-state index is 4.50. The van der Waals surface area contributed by atoms with Gasteiger partial charge in [0.25, 0.3) is 0 Å². The van der Waals surface area contributed by atoms with Gasteiger partial charge < -0.3 is 5.32 Å². The molecule has 2 rings (SSSR count). The summed E-state index contributed by atoms with van der Waals surface area (Å²) in [4.78, 5) is 2.68. The smallest absolute Gasteiger partial charge is 0.0597 e. The van der Waals surface area contributed by atoms with Crippen LogP contribution >= 0.6 is 0 Å². The molecule has 1 N–H and O–H groups in total. The highest BCUT2D eigenvalue weighted by molar-refractivity contribution is 5.09. The average Bonchev–Trinajstić information content (AvgIpc) is 2.77. The zero-order valence-electron chi connectivity index (χ0n) is 14.4. The molecule has 4 nitrogen and oxygen atoms in total. The number of rotatable bonds is 6. The number of piperazine rings is 1. The summed E-state index contributed by atoms with van der Waals surface area (Å²) in [6.45, 7) is 12.3. The normalized spacial score (nSPS) is 25.2. The van der Waals surface area contributed by atoms with Crippen molar-refractivity contribution in [2.24, 2.45) is 13.0 Å². The fourth-order valence-electron chi connectivity index (χ4n) is 3.48. The number of nitrogens with zero attached hydrogens (tertiary/aromatic N) is 3. The molecule has 0 bridgehead atoms. The molecule has 3 atom stereocenters. The van der Waals surface area contributed by atoms with Crippen LogP contribution in [0, 0.1) is 12.8 Å². The molecule has 1 aliphatic rings. The van der Waals surface area contributed by atoms with E-state index in [0.717, 1.165) is 31.2 Å². The highest BCUT2D eigenvalue weighted by atomic mass is 15.3. The molecular formula is C17H32N4. The van der Waals surface area contributed by atoms with Gasteiger partial charge >= 0.3 is 0 Å². The van der Waals surface area contributed by atoms with Crippen molar-refractivity contribution in [2.75, 3.05) is 13.1 Å². The Hall–Kier alpha value is -0.870. The second-order valence-electron chi connectivity index (χ2n) is 6.68. The van der Waals surface area contributed by atoms with Gasteiger partial charge in [-0.25, -0.2) is 0 Å². The zero-order valence-corrected chi connectivity index (χ0v) is 14.4. The molecule has 0 amide bonds. The van der Waals surface area contributed by atoms with Gasteiger partial charge in [-0.2, -0.15) is 5.10 Å². The second kappa shape index (κ2) is 7.41. The lowest BCUT2D eigenvalue weighted by atomic mass is 9.93. The van der Waals surface area contributed by atoms with Gasteiger partial charge in [-0.05, 0) is 25.3 Å². The summed E-state index contributed by atoms with van der Waals surface area (Å²) in [5, 5.41) is 8.25. The topological polar surface area (TPSA) is 33.1 Å². The predicted molar refractivity (Wildman–Crippen MR) is 88.3 cm³/mol. The van der Waals surface area contributed by atoms with Crippen LogP contribution in [0.3, 0.4) is 0 Å². The maximum atomic E-state index is 4.50. The quantitative estimate of drug-likeness (QED) is 0.875. The molecule has 1 aromatic heterocycles. The van der Waals surface area contributed by atoms with Crippen molar-refractivity contribution in [3.05, 3.63) is 17.5 Å². The van der Waals surface area contributed by atoms with Gasteiger partial charge in [0.1, 0.15) is 0 Å². The molecule has 1 fully saturated rings. The molecule has 0 aliphatic carbocycles. The predicted octanol–water partition coefficient (Wildman–Crippen LogP) is 2.72. The SMILES string of the molecule is CCCC1CN(Cc2cc(C)nn2C)C(C(C)CC)CN1. The Bertz CT molecular complexity index is 440. The van der Waals surface area contributed by atoms with E-state index in [4.69, 9.17) is 0 Å².